The number of carboxylic acids is 2. The van der Waals surface area contributed by atoms with E-state index in [1.54, 1.807) is 6.07 Å². The Labute approximate surface area is 361 Å². The summed E-state index contributed by atoms with van der Waals surface area (Å²) in [6, 6.07) is 7.60. The molecule has 2 aromatic carbocycles. The van der Waals surface area contributed by atoms with E-state index in [-0.39, 0.29) is 139 Å². The number of hydrogen-bond acceptors (Lipinski definition) is 9. The first kappa shape index (κ1) is 51.6. The summed E-state index contributed by atoms with van der Waals surface area (Å²) >= 11 is 3.42. The average molecular weight is 754 g/mol. The van der Waals surface area contributed by atoms with Crippen molar-refractivity contribution in [1.29, 1.82) is 0 Å². The Morgan fingerprint density at radius 2 is 1.18 bits per heavy atom. The zero-order valence-corrected chi connectivity index (χ0v) is 34.8. The third-order valence-electron chi connectivity index (χ3n) is 5.70. The van der Waals surface area contributed by atoms with Gasteiger partial charge in [-0.1, -0.05) is 94.0 Å². The predicted octanol–water partition coefficient (Wildman–Crippen LogP) is 0.923. The van der Waals surface area contributed by atoms with Crippen molar-refractivity contribution in [3.05, 3.63) is 47.5 Å². The molecule has 0 amide bonds. The van der Waals surface area contributed by atoms with Crippen molar-refractivity contribution in [2.75, 3.05) is 11.9 Å². The molecule has 0 saturated carbocycles. The third-order valence-corrected chi connectivity index (χ3v) is 6.26. The van der Waals surface area contributed by atoms with Gasteiger partial charge in [-0.15, -0.1) is 0 Å². The number of aromatic hydroxyl groups is 3. The van der Waals surface area contributed by atoms with Crippen LogP contribution in [0.5, 0.6) is 23.0 Å². The van der Waals surface area contributed by atoms with Crippen LogP contribution in [0.15, 0.2) is 36.4 Å². The van der Waals surface area contributed by atoms with E-state index in [1.807, 2.05) is 0 Å². The summed E-state index contributed by atoms with van der Waals surface area (Å²) in [6.45, 7) is 4.84. The zero-order valence-electron chi connectivity index (χ0n) is 28.0. The number of phenols is 3. The van der Waals surface area contributed by atoms with E-state index in [1.165, 1.54) is 87.7 Å². The Balaban J connectivity index is -0.000000178. The van der Waals surface area contributed by atoms with E-state index < -0.39 is 11.9 Å². The number of unbranched alkanes of at least 4 members (excludes halogenated alkanes) is 10. The quantitative estimate of drug-likeness (QED) is 0.0294. The largest absolute Gasteiger partial charge is 1.00 e. The summed E-state index contributed by atoms with van der Waals surface area (Å²) in [5, 5.41) is 54.0. The molecule has 0 aliphatic rings. The zero-order chi connectivity index (χ0) is 32.9. The number of carbonyl (C=O) groups excluding carboxylic acids is 1. The average Bonchev–Trinajstić information content (AvgIpc) is 2.99. The van der Waals surface area contributed by atoms with Gasteiger partial charge in [0.05, 0.1) is 6.61 Å². The van der Waals surface area contributed by atoms with Gasteiger partial charge in [-0.25, -0.2) is 9.59 Å². The van der Waals surface area contributed by atoms with E-state index in [9.17, 15) is 14.7 Å². The molecule has 246 valence electrons. The summed E-state index contributed by atoms with van der Waals surface area (Å²) in [6.07, 6.45) is 15.5. The van der Waals surface area contributed by atoms with Gasteiger partial charge in [-0.3, -0.25) is 4.79 Å². The molecule has 0 unspecified atom stereocenters. The van der Waals surface area contributed by atoms with Crippen LogP contribution in [0.1, 0.15) is 113 Å². The SMILES string of the molecule is CCCCCCCCBr.CCCCCCCCOc1ccc(O)c(C(=O)O)c1.O=C(O)c1cc(O)ccc1O.O=CO[O-].[H-].[K+].[K+]. The van der Waals surface area contributed by atoms with Crippen molar-refractivity contribution in [2.24, 2.45) is 0 Å². The number of benzene rings is 2. The first-order valence-electron chi connectivity index (χ1n) is 14.3. The summed E-state index contributed by atoms with van der Waals surface area (Å²) in [4.78, 5) is 32.4. The van der Waals surface area contributed by atoms with Crippen LogP contribution in [-0.2, 0) is 9.68 Å². The van der Waals surface area contributed by atoms with Crippen LogP contribution in [-0.4, -0.2) is 55.9 Å². The van der Waals surface area contributed by atoms with Gasteiger partial charge >= 0.3 is 115 Å². The monoisotopic (exact) mass is 752 g/mol. The molecule has 0 radical (unpaired) electrons. The number of hydrogen-bond donors (Lipinski definition) is 5. The van der Waals surface area contributed by atoms with Crippen LogP contribution < -0.4 is 113 Å². The summed E-state index contributed by atoms with van der Waals surface area (Å²) < 4.78 is 5.48. The number of phenolic OH excluding ortho intramolecular Hbond substituents is 1. The fraction of sp³-hybridized carbons (Fsp3) is 0.516. The molecular formula is C31H47BrK2O11. The molecule has 14 heteroatoms. The molecule has 2 rings (SSSR count). The van der Waals surface area contributed by atoms with E-state index in [0.717, 1.165) is 25.0 Å². The number of halogens is 1. The molecule has 2 aromatic rings. The molecule has 0 aliphatic heterocycles. The van der Waals surface area contributed by atoms with E-state index in [4.69, 9.17) is 35.2 Å². The molecular weight excluding hydrogens is 706 g/mol. The van der Waals surface area contributed by atoms with E-state index >= 15 is 0 Å². The molecule has 0 heterocycles. The minimum absolute atomic E-state index is 0. The number of ether oxygens (including phenoxy) is 1. The Bertz CT molecular complexity index is 1030. The van der Waals surface area contributed by atoms with Crippen molar-refractivity contribution in [1.82, 2.24) is 0 Å². The van der Waals surface area contributed by atoms with E-state index in [0.29, 0.717) is 12.4 Å². The van der Waals surface area contributed by atoms with Crippen molar-refractivity contribution in [2.45, 2.75) is 90.9 Å². The number of carboxylic acid groups (broad SMARTS) is 2. The van der Waals surface area contributed by atoms with Crippen molar-refractivity contribution in [3.8, 4) is 23.0 Å². The number of rotatable bonds is 17. The molecule has 0 spiro atoms. The third kappa shape index (κ3) is 30.8. The van der Waals surface area contributed by atoms with Crippen LogP contribution in [0.2, 0.25) is 0 Å². The fourth-order valence-electron chi connectivity index (χ4n) is 3.42. The van der Waals surface area contributed by atoms with Gasteiger partial charge < -0.3 is 41.8 Å². The minimum atomic E-state index is -1.27. The smallest absolute Gasteiger partial charge is 1.00 e. The molecule has 5 N–H and O–H groups in total. The van der Waals surface area contributed by atoms with E-state index in [2.05, 4.69) is 34.7 Å². The number of aromatic carboxylic acids is 2. The number of carbonyl (C=O) groups is 3. The second kappa shape index (κ2) is 36.6. The van der Waals surface area contributed by atoms with Crippen LogP contribution in [0.4, 0.5) is 0 Å². The Kier molecular flexibility index (Phi) is 42.0. The Morgan fingerprint density at radius 1 is 0.756 bits per heavy atom. The standard InChI is InChI=1S/C15H22O4.C8H17Br.C7H6O4.CH2O3.2K.H/c1-2-3-4-5-6-7-10-19-12-8-9-14(16)13(11-12)15(17)18;1-2-3-4-5-6-7-8-9;8-4-1-2-6(9)5(3-4)7(10)11;2-1-4-3;;;/h8-9,11,16H,2-7,10H2,1H3,(H,17,18);2-8H2,1H3;1-3,8-9H,(H,10,11);1,3H;;;/q;;;;2*+1;-1/p-1. The van der Waals surface area contributed by atoms with Crippen molar-refractivity contribution >= 4 is 34.3 Å². The van der Waals surface area contributed by atoms with Crippen LogP contribution in [0, 0.1) is 0 Å². The van der Waals surface area contributed by atoms with Crippen molar-refractivity contribution in [3.63, 3.8) is 0 Å². The van der Waals surface area contributed by atoms with Gasteiger partial charge in [0, 0.05) is 5.33 Å². The molecule has 11 nitrogen and oxygen atoms in total. The maximum absolute atomic E-state index is 10.8. The van der Waals surface area contributed by atoms with Gasteiger partial charge in [-0.2, -0.15) is 0 Å². The van der Waals surface area contributed by atoms with Crippen molar-refractivity contribution < 1.29 is 159 Å². The molecule has 0 saturated heterocycles. The first-order chi connectivity index (χ1) is 20.6. The summed E-state index contributed by atoms with van der Waals surface area (Å²) in [7, 11) is 0. The molecule has 45 heavy (non-hydrogen) atoms. The molecule has 0 aliphatic carbocycles. The van der Waals surface area contributed by atoms with Crippen LogP contribution >= 0.6 is 15.9 Å². The molecule has 0 bridgehead atoms. The maximum atomic E-state index is 10.8. The maximum Gasteiger partial charge on any atom is 1.00 e. The number of alkyl halides is 1. The first-order valence-corrected chi connectivity index (χ1v) is 15.4. The van der Waals surface area contributed by atoms with Crippen LogP contribution in [0.25, 0.3) is 0 Å². The van der Waals surface area contributed by atoms with Gasteiger partial charge in [-0.05, 0) is 49.2 Å². The van der Waals surface area contributed by atoms with Gasteiger partial charge in [0.15, 0.2) is 0 Å². The Hall–Kier alpha value is -0.237. The van der Waals surface area contributed by atoms with Gasteiger partial charge in [0.1, 0.15) is 34.1 Å². The molecule has 0 atom stereocenters. The fourth-order valence-corrected chi connectivity index (χ4v) is 3.82. The normalized spacial score (nSPS) is 9.16. The second-order valence-corrected chi connectivity index (χ2v) is 10.0. The van der Waals surface area contributed by atoms with Gasteiger partial charge in [0.2, 0.25) is 0 Å². The molecule has 0 fully saturated rings. The summed E-state index contributed by atoms with van der Waals surface area (Å²) in [5.74, 6) is -2.69. The topological polar surface area (TPSA) is 194 Å². The van der Waals surface area contributed by atoms with Gasteiger partial charge in [0.25, 0.3) is 6.47 Å². The second-order valence-electron chi connectivity index (χ2n) is 9.26. The Morgan fingerprint density at radius 3 is 1.60 bits per heavy atom. The molecule has 0 aromatic heterocycles. The minimum Gasteiger partial charge on any atom is -1.00 e. The predicted molar refractivity (Wildman–Crippen MR) is 166 cm³/mol. The van der Waals surface area contributed by atoms with Crippen LogP contribution in [0.3, 0.4) is 0 Å². The summed E-state index contributed by atoms with van der Waals surface area (Å²) in [5.41, 5.74) is -0.426.